The van der Waals surface area contributed by atoms with Crippen molar-refractivity contribution in [3.05, 3.63) is 0 Å². The van der Waals surface area contributed by atoms with Gasteiger partial charge in [-0.25, -0.2) is 0 Å². The minimum Gasteiger partial charge on any atom is -0.383 e. The first-order valence-electron chi connectivity index (χ1n) is 5.07. The van der Waals surface area contributed by atoms with Gasteiger partial charge in [0, 0.05) is 26.2 Å². The van der Waals surface area contributed by atoms with Crippen LogP contribution in [0, 0.1) is 11.3 Å². The van der Waals surface area contributed by atoms with E-state index >= 15 is 0 Å². The summed E-state index contributed by atoms with van der Waals surface area (Å²) in [5, 5.41) is 12.4. The predicted octanol–water partition coefficient (Wildman–Crippen LogP) is 1.13. The highest BCUT2D eigenvalue weighted by Crippen LogP contribution is 1.94. The summed E-state index contributed by atoms with van der Waals surface area (Å²) < 4.78 is 5.01. The number of ether oxygens (including phenoxy) is 1. The third-order valence-corrected chi connectivity index (χ3v) is 2.33. The Balaban J connectivity index is 3.98. The molecule has 1 atom stereocenters. The van der Waals surface area contributed by atoms with Gasteiger partial charge in [-0.2, -0.15) is 5.26 Å². The highest BCUT2D eigenvalue weighted by Gasteiger charge is 2.09. The molecule has 15 heavy (non-hydrogen) atoms. The molecule has 0 aromatic heterocycles. The summed E-state index contributed by atoms with van der Waals surface area (Å²) in [4.78, 5) is 1.98. The van der Waals surface area contributed by atoms with Gasteiger partial charge in [-0.1, -0.05) is 0 Å². The molecule has 0 radical (unpaired) electrons. The summed E-state index contributed by atoms with van der Waals surface area (Å²) >= 11 is 5.23. The Morgan fingerprint density at radius 2 is 2.33 bits per heavy atom. The first kappa shape index (κ1) is 14.1. The largest absolute Gasteiger partial charge is 0.383 e. The molecule has 86 valence electrons. The van der Waals surface area contributed by atoms with E-state index in [0.29, 0.717) is 24.7 Å². The van der Waals surface area contributed by atoms with Gasteiger partial charge in [0.25, 0.3) is 0 Å². The van der Waals surface area contributed by atoms with Gasteiger partial charge in [-0.15, -0.1) is 0 Å². The van der Waals surface area contributed by atoms with Gasteiger partial charge in [0.1, 0.15) is 0 Å². The molecule has 5 heteroatoms. The molecule has 0 saturated heterocycles. The Kier molecular flexibility index (Phi) is 7.96. The van der Waals surface area contributed by atoms with Crippen LogP contribution < -0.4 is 5.32 Å². The average Bonchev–Trinajstić information content (AvgIpc) is 2.19. The Morgan fingerprint density at radius 3 is 2.80 bits per heavy atom. The van der Waals surface area contributed by atoms with Gasteiger partial charge in [-0.3, -0.25) is 0 Å². The van der Waals surface area contributed by atoms with Crippen LogP contribution in [0.3, 0.4) is 0 Å². The van der Waals surface area contributed by atoms with Crippen LogP contribution in [0.2, 0.25) is 0 Å². The summed E-state index contributed by atoms with van der Waals surface area (Å²) in [6.45, 7) is 6.14. The van der Waals surface area contributed by atoms with E-state index in [1.807, 2.05) is 18.7 Å². The fourth-order valence-corrected chi connectivity index (χ4v) is 1.60. The quantitative estimate of drug-likeness (QED) is 0.692. The topological polar surface area (TPSA) is 48.3 Å². The van der Waals surface area contributed by atoms with E-state index in [2.05, 4.69) is 11.4 Å². The average molecular weight is 229 g/mol. The number of hydrogen-bond donors (Lipinski definition) is 1. The number of rotatable bonds is 6. The summed E-state index contributed by atoms with van der Waals surface area (Å²) in [5.74, 6) is 0. The van der Waals surface area contributed by atoms with Crippen LogP contribution in [-0.2, 0) is 4.74 Å². The number of nitriles is 1. The zero-order chi connectivity index (χ0) is 11.7. The first-order valence-corrected chi connectivity index (χ1v) is 5.47. The lowest BCUT2D eigenvalue weighted by Gasteiger charge is -2.25. The van der Waals surface area contributed by atoms with E-state index in [1.54, 1.807) is 7.11 Å². The van der Waals surface area contributed by atoms with Gasteiger partial charge in [-0.05, 0) is 26.1 Å². The van der Waals surface area contributed by atoms with Crippen molar-refractivity contribution in [1.82, 2.24) is 10.2 Å². The molecule has 0 saturated carbocycles. The molecule has 0 aromatic rings. The molecular weight excluding hydrogens is 210 g/mol. The Morgan fingerprint density at radius 1 is 1.67 bits per heavy atom. The molecule has 0 aliphatic carbocycles. The summed E-state index contributed by atoms with van der Waals surface area (Å²) in [5.41, 5.74) is 0. The summed E-state index contributed by atoms with van der Waals surface area (Å²) in [6.07, 6.45) is 0.494. The van der Waals surface area contributed by atoms with Crippen molar-refractivity contribution in [1.29, 1.82) is 5.26 Å². The van der Waals surface area contributed by atoms with E-state index in [1.165, 1.54) is 0 Å². The minimum absolute atomic E-state index is 0.193. The van der Waals surface area contributed by atoms with Gasteiger partial charge in [0.15, 0.2) is 5.11 Å². The van der Waals surface area contributed by atoms with Crippen LogP contribution in [0.25, 0.3) is 0 Å². The second kappa shape index (κ2) is 8.45. The molecule has 1 N–H and O–H groups in total. The molecule has 0 amide bonds. The Bertz CT molecular complexity index is 227. The van der Waals surface area contributed by atoms with E-state index in [4.69, 9.17) is 22.2 Å². The zero-order valence-corrected chi connectivity index (χ0v) is 10.4. The third-order valence-electron chi connectivity index (χ3n) is 1.95. The van der Waals surface area contributed by atoms with Crippen molar-refractivity contribution in [3.8, 4) is 6.07 Å². The van der Waals surface area contributed by atoms with E-state index < -0.39 is 0 Å². The molecular formula is C10H19N3OS. The number of nitrogens with zero attached hydrogens (tertiary/aromatic N) is 2. The number of nitrogens with one attached hydrogen (secondary N) is 1. The van der Waals surface area contributed by atoms with Gasteiger partial charge in [0.05, 0.1) is 19.1 Å². The van der Waals surface area contributed by atoms with Crippen LogP contribution in [0.1, 0.15) is 20.3 Å². The van der Waals surface area contributed by atoms with Crippen LogP contribution in [0.5, 0.6) is 0 Å². The SMILES string of the molecule is CCN(CCC#N)C(=S)NC(C)COC. The molecule has 0 fully saturated rings. The highest BCUT2D eigenvalue weighted by atomic mass is 32.1. The van der Waals surface area contributed by atoms with E-state index in [-0.39, 0.29) is 6.04 Å². The summed E-state index contributed by atoms with van der Waals surface area (Å²) in [6, 6.07) is 2.31. The lowest BCUT2D eigenvalue weighted by atomic mass is 10.3. The van der Waals surface area contributed by atoms with Crippen LogP contribution >= 0.6 is 12.2 Å². The number of methoxy groups -OCH3 is 1. The molecule has 0 aromatic carbocycles. The van der Waals surface area contributed by atoms with E-state index in [9.17, 15) is 0 Å². The number of hydrogen-bond acceptors (Lipinski definition) is 3. The van der Waals surface area contributed by atoms with Crippen molar-refractivity contribution in [2.45, 2.75) is 26.3 Å². The molecule has 0 spiro atoms. The standard InChI is InChI=1S/C10H19N3OS/c1-4-13(7-5-6-11)10(15)12-9(2)8-14-3/h9H,4-5,7-8H2,1-3H3,(H,12,15). The third kappa shape index (κ3) is 6.26. The smallest absolute Gasteiger partial charge is 0.169 e. The predicted molar refractivity (Wildman–Crippen MR) is 64.5 cm³/mol. The van der Waals surface area contributed by atoms with Crippen molar-refractivity contribution in [2.24, 2.45) is 0 Å². The maximum absolute atomic E-state index is 8.50. The fraction of sp³-hybridized carbons (Fsp3) is 0.800. The molecule has 0 aliphatic rings. The second-order valence-corrected chi connectivity index (χ2v) is 3.68. The second-order valence-electron chi connectivity index (χ2n) is 3.29. The van der Waals surface area contributed by atoms with Crippen molar-refractivity contribution >= 4 is 17.3 Å². The van der Waals surface area contributed by atoms with Crippen molar-refractivity contribution in [3.63, 3.8) is 0 Å². The monoisotopic (exact) mass is 229 g/mol. The lowest BCUT2D eigenvalue weighted by Crippen LogP contribution is -2.45. The van der Waals surface area contributed by atoms with E-state index in [0.717, 1.165) is 6.54 Å². The molecule has 0 heterocycles. The Hall–Kier alpha value is -0.860. The fourth-order valence-electron chi connectivity index (χ4n) is 1.18. The maximum atomic E-state index is 8.50. The maximum Gasteiger partial charge on any atom is 0.169 e. The van der Waals surface area contributed by atoms with Gasteiger partial charge in [0.2, 0.25) is 0 Å². The molecule has 1 unspecified atom stereocenters. The minimum atomic E-state index is 0.193. The molecule has 0 bridgehead atoms. The zero-order valence-electron chi connectivity index (χ0n) is 9.62. The van der Waals surface area contributed by atoms with Crippen LogP contribution in [0.4, 0.5) is 0 Å². The summed E-state index contributed by atoms with van der Waals surface area (Å²) in [7, 11) is 1.66. The van der Waals surface area contributed by atoms with Gasteiger partial charge >= 0.3 is 0 Å². The first-order chi connectivity index (χ1) is 7.15. The van der Waals surface area contributed by atoms with Crippen molar-refractivity contribution in [2.75, 3.05) is 26.8 Å². The highest BCUT2D eigenvalue weighted by molar-refractivity contribution is 7.80. The normalized spacial score (nSPS) is 11.6. The molecule has 4 nitrogen and oxygen atoms in total. The molecule has 0 aliphatic heterocycles. The van der Waals surface area contributed by atoms with Crippen LogP contribution in [-0.4, -0.2) is 42.9 Å². The molecule has 0 rings (SSSR count). The Labute approximate surface area is 97.2 Å². The van der Waals surface area contributed by atoms with Gasteiger partial charge < -0.3 is 15.0 Å². The number of thiocarbonyl (C=S) groups is 1. The van der Waals surface area contributed by atoms with Crippen LogP contribution in [0.15, 0.2) is 0 Å². The van der Waals surface area contributed by atoms with Crippen molar-refractivity contribution < 1.29 is 4.74 Å². The lowest BCUT2D eigenvalue weighted by molar-refractivity contribution is 0.178.